The van der Waals surface area contributed by atoms with Crippen LogP contribution in [0.2, 0.25) is 0 Å². The number of nitrogens with one attached hydrogen (secondary N) is 4. The largest absolute Gasteiger partial charge is 0.480 e. The van der Waals surface area contributed by atoms with Crippen LogP contribution in [0.4, 0.5) is 0 Å². The monoisotopic (exact) mass is 488 g/mol. The van der Waals surface area contributed by atoms with Gasteiger partial charge in [-0.25, -0.2) is 4.79 Å². The van der Waals surface area contributed by atoms with Gasteiger partial charge < -0.3 is 43.2 Å². The topological polar surface area (TPSA) is 231 Å². The van der Waals surface area contributed by atoms with Crippen LogP contribution in [0.1, 0.15) is 25.3 Å². The van der Waals surface area contributed by atoms with E-state index in [-0.39, 0.29) is 25.3 Å². The number of carbonyl (C=O) groups is 4. The fourth-order valence-electron chi connectivity index (χ4n) is 3.34. The first-order valence-corrected chi connectivity index (χ1v) is 11.0. The molecule has 0 saturated heterocycles. The van der Waals surface area contributed by atoms with E-state index >= 15 is 0 Å². The van der Waals surface area contributed by atoms with Crippen molar-refractivity contribution < 1.29 is 24.3 Å². The Morgan fingerprint density at radius 3 is 2.46 bits per heavy atom. The van der Waals surface area contributed by atoms with E-state index in [0.29, 0.717) is 6.42 Å². The number of aromatic nitrogens is 1. The minimum absolute atomic E-state index is 0.0319. The summed E-state index contributed by atoms with van der Waals surface area (Å²) >= 11 is 0. The predicted octanol–water partition coefficient (Wildman–Crippen LogP) is -1.72. The molecule has 2 rings (SSSR count). The molecule has 190 valence electrons. The number of nitrogens with zero attached hydrogens (tertiary/aromatic N) is 1. The number of fused-ring (bicyclic) bond motifs is 1. The highest BCUT2D eigenvalue weighted by molar-refractivity contribution is 5.93. The number of nitrogens with two attached hydrogens (primary N) is 3. The summed E-state index contributed by atoms with van der Waals surface area (Å²) in [6, 6.07) is 4.28. The zero-order chi connectivity index (χ0) is 26.0. The number of rotatable bonds is 13. The number of benzene rings is 1. The fraction of sp³-hybridized carbons (Fsp3) is 0.409. The van der Waals surface area contributed by atoms with Gasteiger partial charge in [-0.1, -0.05) is 18.2 Å². The number of H-pyrrole nitrogens is 1. The Balaban J connectivity index is 2.09. The zero-order valence-corrected chi connectivity index (χ0v) is 19.4. The Bertz CT molecular complexity index is 1080. The van der Waals surface area contributed by atoms with Crippen molar-refractivity contribution >= 4 is 40.6 Å². The smallest absolute Gasteiger partial charge is 0.326 e. The lowest BCUT2D eigenvalue weighted by Gasteiger charge is -2.21. The van der Waals surface area contributed by atoms with E-state index in [2.05, 4.69) is 25.9 Å². The Morgan fingerprint density at radius 1 is 1.09 bits per heavy atom. The molecule has 13 heteroatoms. The number of carboxylic acid groups (broad SMARTS) is 1. The lowest BCUT2D eigenvalue weighted by atomic mass is 10.0. The molecular formula is C22H32N8O5. The third-order valence-electron chi connectivity index (χ3n) is 5.15. The van der Waals surface area contributed by atoms with E-state index in [1.807, 2.05) is 24.3 Å². The second-order valence-electron chi connectivity index (χ2n) is 8.04. The number of carboxylic acids is 1. The van der Waals surface area contributed by atoms with Crippen molar-refractivity contribution in [2.24, 2.45) is 22.2 Å². The summed E-state index contributed by atoms with van der Waals surface area (Å²) in [5.74, 6) is -3.19. The molecule has 3 unspecified atom stereocenters. The van der Waals surface area contributed by atoms with Crippen molar-refractivity contribution in [3.8, 4) is 0 Å². The second kappa shape index (κ2) is 12.9. The van der Waals surface area contributed by atoms with Crippen molar-refractivity contribution in [3.63, 3.8) is 0 Å². The van der Waals surface area contributed by atoms with Crippen LogP contribution in [0.15, 0.2) is 35.5 Å². The summed E-state index contributed by atoms with van der Waals surface area (Å²) in [6.45, 7) is 1.28. The van der Waals surface area contributed by atoms with Gasteiger partial charge in [-0.15, -0.1) is 0 Å². The Hall–Kier alpha value is -4.13. The molecule has 3 atom stereocenters. The average Bonchev–Trinajstić information content (AvgIpc) is 3.21. The van der Waals surface area contributed by atoms with Crippen molar-refractivity contribution in [1.29, 1.82) is 0 Å². The summed E-state index contributed by atoms with van der Waals surface area (Å²) in [5, 5.41) is 17.9. The number of guanidine groups is 1. The van der Waals surface area contributed by atoms with Gasteiger partial charge in [-0.2, -0.15) is 0 Å². The minimum atomic E-state index is -1.24. The van der Waals surface area contributed by atoms with Crippen LogP contribution in [-0.2, 0) is 25.6 Å². The molecule has 1 heterocycles. The third-order valence-corrected chi connectivity index (χ3v) is 5.15. The first-order chi connectivity index (χ1) is 16.6. The number of hydrogen-bond acceptors (Lipinski definition) is 6. The number of aliphatic carboxylic acids is 1. The second-order valence-corrected chi connectivity index (χ2v) is 8.04. The summed E-state index contributed by atoms with van der Waals surface area (Å²) in [4.78, 5) is 55.7. The molecule has 0 aliphatic carbocycles. The Kier molecular flexibility index (Phi) is 10.0. The van der Waals surface area contributed by atoms with Crippen LogP contribution in [-0.4, -0.2) is 71.0 Å². The van der Waals surface area contributed by atoms with Gasteiger partial charge in [0.1, 0.15) is 12.1 Å². The molecule has 13 nitrogen and oxygen atoms in total. The molecule has 1 aromatic heterocycles. The molecule has 0 fully saturated rings. The molecule has 0 radical (unpaired) electrons. The lowest BCUT2D eigenvalue weighted by Crippen LogP contribution is -2.54. The van der Waals surface area contributed by atoms with Crippen LogP contribution in [0.3, 0.4) is 0 Å². The maximum Gasteiger partial charge on any atom is 0.326 e. The van der Waals surface area contributed by atoms with Gasteiger partial charge >= 0.3 is 5.97 Å². The van der Waals surface area contributed by atoms with E-state index < -0.39 is 48.4 Å². The zero-order valence-electron chi connectivity index (χ0n) is 19.4. The van der Waals surface area contributed by atoms with Crippen LogP contribution >= 0.6 is 0 Å². The molecule has 0 spiro atoms. The van der Waals surface area contributed by atoms with Crippen molar-refractivity contribution in [2.75, 3.05) is 13.1 Å². The van der Waals surface area contributed by atoms with Gasteiger partial charge in [0, 0.05) is 30.1 Å². The van der Waals surface area contributed by atoms with E-state index in [1.54, 1.807) is 6.20 Å². The minimum Gasteiger partial charge on any atom is -0.480 e. The quantitative estimate of drug-likeness (QED) is 0.0915. The first kappa shape index (κ1) is 27.1. The number of amides is 3. The molecule has 0 aliphatic rings. The number of aromatic amines is 1. The van der Waals surface area contributed by atoms with Crippen molar-refractivity contribution in [1.82, 2.24) is 20.9 Å². The summed E-state index contributed by atoms with van der Waals surface area (Å²) in [5.41, 5.74) is 17.6. The fourth-order valence-corrected chi connectivity index (χ4v) is 3.34. The predicted molar refractivity (Wildman–Crippen MR) is 130 cm³/mol. The maximum atomic E-state index is 13.0. The van der Waals surface area contributed by atoms with Gasteiger partial charge in [-0.3, -0.25) is 19.4 Å². The standard InChI is InChI=1S/C22H32N8O5/c1-12(23)19(32)28-11-18(31)29-16(7-4-8-26-22(24)25)20(33)30-17(21(34)35)9-13-10-27-15-6-3-2-5-14(13)15/h2-3,5-6,10,12,16-17,27H,4,7-9,11,23H2,1H3,(H,28,32)(H,29,31)(H,30,33)(H,34,35)(H4,24,25,26). The summed E-state index contributed by atoms with van der Waals surface area (Å²) < 4.78 is 0. The van der Waals surface area contributed by atoms with Gasteiger partial charge in [0.05, 0.1) is 12.6 Å². The van der Waals surface area contributed by atoms with Gasteiger partial charge in [-0.05, 0) is 31.4 Å². The molecule has 1 aromatic carbocycles. The SMILES string of the molecule is CC(N)C(=O)NCC(=O)NC(CCCN=C(N)N)C(=O)NC(Cc1c[nH]c2ccccc12)C(=O)O. The number of para-hydroxylation sites is 1. The van der Waals surface area contributed by atoms with E-state index in [0.717, 1.165) is 16.5 Å². The molecule has 35 heavy (non-hydrogen) atoms. The van der Waals surface area contributed by atoms with Crippen molar-refractivity contribution in [3.05, 3.63) is 36.0 Å². The number of aliphatic imine (C=N–C) groups is 1. The van der Waals surface area contributed by atoms with E-state index in [1.165, 1.54) is 6.92 Å². The van der Waals surface area contributed by atoms with Crippen molar-refractivity contribution in [2.45, 2.75) is 44.3 Å². The van der Waals surface area contributed by atoms with Crippen LogP contribution < -0.4 is 33.2 Å². The highest BCUT2D eigenvalue weighted by Crippen LogP contribution is 2.19. The normalized spacial score (nSPS) is 13.3. The van der Waals surface area contributed by atoms with Crippen LogP contribution in [0.5, 0.6) is 0 Å². The molecular weight excluding hydrogens is 456 g/mol. The highest BCUT2D eigenvalue weighted by Gasteiger charge is 2.27. The summed E-state index contributed by atoms with van der Waals surface area (Å²) in [6.07, 6.45) is 2.20. The maximum absolute atomic E-state index is 13.0. The molecule has 3 amide bonds. The summed E-state index contributed by atoms with van der Waals surface area (Å²) in [7, 11) is 0. The molecule has 0 saturated carbocycles. The van der Waals surface area contributed by atoms with Crippen LogP contribution in [0.25, 0.3) is 10.9 Å². The lowest BCUT2D eigenvalue weighted by molar-refractivity contribution is -0.142. The first-order valence-electron chi connectivity index (χ1n) is 11.0. The number of carbonyl (C=O) groups excluding carboxylic acids is 3. The third kappa shape index (κ3) is 8.62. The Morgan fingerprint density at radius 2 is 1.80 bits per heavy atom. The highest BCUT2D eigenvalue weighted by atomic mass is 16.4. The molecule has 11 N–H and O–H groups in total. The van der Waals surface area contributed by atoms with Gasteiger partial charge in [0.25, 0.3) is 0 Å². The van der Waals surface area contributed by atoms with E-state index in [9.17, 15) is 24.3 Å². The van der Waals surface area contributed by atoms with Gasteiger partial charge in [0.15, 0.2) is 5.96 Å². The van der Waals surface area contributed by atoms with Gasteiger partial charge in [0.2, 0.25) is 17.7 Å². The molecule has 2 aromatic rings. The molecule has 0 aliphatic heterocycles. The molecule has 0 bridgehead atoms. The van der Waals surface area contributed by atoms with Crippen LogP contribution in [0, 0.1) is 0 Å². The average molecular weight is 489 g/mol. The van der Waals surface area contributed by atoms with E-state index in [4.69, 9.17) is 17.2 Å². The number of hydrogen-bond donors (Lipinski definition) is 8. The Labute approximate surface area is 201 Å².